The van der Waals surface area contributed by atoms with Crippen LogP contribution in [0.4, 0.5) is 13.2 Å². The average molecular weight is 201 g/mol. The SMILES string of the molecule is Fc1cc(F)c(CNC2CC2)c(F)c1. The summed E-state index contributed by atoms with van der Waals surface area (Å²) in [5.74, 6) is -2.53. The molecule has 0 bridgehead atoms. The third-order valence-electron chi connectivity index (χ3n) is 2.25. The fourth-order valence-corrected chi connectivity index (χ4v) is 1.27. The van der Waals surface area contributed by atoms with Crippen LogP contribution in [0.5, 0.6) is 0 Å². The third-order valence-corrected chi connectivity index (χ3v) is 2.25. The Kier molecular flexibility index (Phi) is 2.46. The summed E-state index contributed by atoms with van der Waals surface area (Å²) in [6.07, 6.45) is 2.09. The highest BCUT2D eigenvalue weighted by Gasteiger charge is 2.21. The molecule has 0 aromatic heterocycles. The predicted octanol–water partition coefficient (Wildman–Crippen LogP) is 2.36. The topological polar surface area (TPSA) is 12.0 Å². The smallest absolute Gasteiger partial charge is 0.133 e. The van der Waals surface area contributed by atoms with Crippen molar-refractivity contribution in [3.63, 3.8) is 0 Å². The van der Waals surface area contributed by atoms with Gasteiger partial charge in [0.05, 0.1) is 0 Å². The first-order chi connectivity index (χ1) is 6.66. The largest absolute Gasteiger partial charge is 0.310 e. The number of benzene rings is 1. The van der Waals surface area contributed by atoms with E-state index in [1.807, 2.05) is 0 Å². The predicted molar refractivity (Wildman–Crippen MR) is 46.2 cm³/mol. The highest BCUT2D eigenvalue weighted by molar-refractivity contribution is 5.20. The molecule has 0 unspecified atom stereocenters. The van der Waals surface area contributed by atoms with Gasteiger partial charge in [0.1, 0.15) is 17.5 Å². The molecule has 1 N–H and O–H groups in total. The molecule has 76 valence electrons. The zero-order valence-electron chi connectivity index (χ0n) is 7.49. The molecule has 0 amide bonds. The molecule has 1 saturated carbocycles. The summed E-state index contributed by atoms with van der Waals surface area (Å²) in [6, 6.07) is 1.78. The number of nitrogens with one attached hydrogen (secondary N) is 1. The maximum absolute atomic E-state index is 13.1. The van der Waals surface area contributed by atoms with Crippen LogP contribution < -0.4 is 5.32 Å². The zero-order chi connectivity index (χ0) is 10.1. The molecule has 0 atom stereocenters. The van der Waals surface area contributed by atoms with Gasteiger partial charge < -0.3 is 5.32 Å². The first-order valence-electron chi connectivity index (χ1n) is 4.53. The van der Waals surface area contributed by atoms with Crippen LogP contribution in [0, 0.1) is 17.5 Å². The van der Waals surface area contributed by atoms with E-state index < -0.39 is 17.5 Å². The van der Waals surface area contributed by atoms with Gasteiger partial charge >= 0.3 is 0 Å². The maximum Gasteiger partial charge on any atom is 0.133 e. The van der Waals surface area contributed by atoms with E-state index >= 15 is 0 Å². The number of halogens is 3. The Balaban J connectivity index is 2.13. The summed E-state index contributed by atoms with van der Waals surface area (Å²) < 4.78 is 38.6. The average Bonchev–Trinajstić information content (AvgIpc) is 2.85. The van der Waals surface area contributed by atoms with Crippen molar-refractivity contribution in [1.82, 2.24) is 5.32 Å². The quantitative estimate of drug-likeness (QED) is 0.791. The van der Waals surface area contributed by atoms with Crippen molar-refractivity contribution in [2.24, 2.45) is 0 Å². The van der Waals surface area contributed by atoms with Crippen LogP contribution in [0.25, 0.3) is 0 Å². The number of hydrogen-bond acceptors (Lipinski definition) is 1. The molecule has 1 aliphatic carbocycles. The van der Waals surface area contributed by atoms with Crippen molar-refractivity contribution in [2.75, 3.05) is 0 Å². The van der Waals surface area contributed by atoms with Crippen LogP contribution in [0.15, 0.2) is 12.1 Å². The molecule has 14 heavy (non-hydrogen) atoms. The summed E-state index contributed by atoms with van der Waals surface area (Å²) >= 11 is 0. The number of hydrogen-bond donors (Lipinski definition) is 1. The van der Waals surface area contributed by atoms with Crippen LogP contribution in [0.1, 0.15) is 18.4 Å². The molecule has 1 aromatic rings. The van der Waals surface area contributed by atoms with Crippen LogP contribution in [-0.4, -0.2) is 6.04 Å². The van der Waals surface area contributed by atoms with Gasteiger partial charge in [-0.25, -0.2) is 13.2 Å². The lowest BCUT2D eigenvalue weighted by molar-refractivity contribution is 0.510. The molecule has 1 nitrogen and oxygen atoms in total. The monoisotopic (exact) mass is 201 g/mol. The van der Waals surface area contributed by atoms with Gasteiger partial charge in [-0.05, 0) is 12.8 Å². The Labute approximate surface area is 79.9 Å². The second kappa shape index (κ2) is 3.61. The Hall–Kier alpha value is -1.03. The summed E-state index contributed by atoms with van der Waals surface area (Å²) in [4.78, 5) is 0. The van der Waals surface area contributed by atoms with Crippen molar-refractivity contribution < 1.29 is 13.2 Å². The molecule has 2 rings (SSSR count). The van der Waals surface area contributed by atoms with Crippen molar-refractivity contribution in [1.29, 1.82) is 0 Å². The second-order valence-electron chi connectivity index (χ2n) is 3.50. The van der Waals surface area contributed by atoms with Crippen LogP contribution in [0.2, 0.25) is 0 Å². The molecule has 4 heteroatoms. The van der Waals surface area contributed by atoms with Gasteiger partial charge in [0.2, 0.25) is 0 Å². The highest BCUT2D eigenvalue weighted by Crippen LogP contribution is 2.21. The standard InChI is InChI=1S/C10H10F3N/c11-6-3-9(12)8(10(13)4-6)5-14-7-1-2-7/h3-4,7,14H,1-2,5H2. The Bertz CT molecular complexity index is 324. The van der Waals surface area contributed by atoms with Gasteiger partial charge in [0, 0.05) is 30.3 Å². The summed E-state index contributed by atoms with van der Waals surface area (Å²) in [6.45, 7) is 0.128. The second-order valence-corrected chi connectivity index (χ2v) is 3.50. The fourth-order valence-electron chi connectivity index (χ4n) is 1.27. The van der Waals surface area contributed by atoms with E-state index in [4.69, 9.17) is 0 Å². The molecule has 1 fully saturated rings. The lowest BCUT2D eigenvalue weighted by atomic mass is 10.2. The van der Waals surface area contributed by atoms with Gasteiger partial charge in [0.15, 0.2) is 0 Å². The van der Waals surface area contributed by atoms with E-state index in [9.17, 15) is 13.2 Å². The van der Waals surface area contributed by atoms with E-state index in [0.717, 1.165) is 12.8 Å². The minimum absolute atomic E-state index is 0.0849. The molecule has 0 saturated heterocycles. The molecule has 1 aliphatic rings. The Morgan fingerprint density at radius 3 is 2.21 bits per heavy atom. The lowest BCUT2D eigenvalue weighted by Crippen LogP contribution is -2.17. The van der Waals surface area contributed by atoms with E-state index in [1.165, 1.54) is 0 Å². The molecule has 0 heterocycles. The lowest BCUT2D eigenvalue weighted by Gasteiger charge is -2.05. The minimum atomic E-state index is -0.879. The van der Waals surface area contributed by atoms with E-state index in [-0.39, 0.29) is 12.1 Å². The third kappa shape index (κ3) is 2.07. The first-order valence-corrected chi connectivity index (χ1v) is 4.53. The molecule has 0 spiro atoms. The summed E-state index contributed by atoms with van der Waals surface area (Å²) in [7, 11) is 0. The van der Waals surface area contributed by atoms with Gasteiger partial charge in [-0.15, -0.1) is 0 Å². The van der Waals surface area contributed by atoms with Gasteiger partial charge in [-0.3, -0.25) is 0 Å². The van der Waals surface area contributed by atoms with Crippen molar-refractivity contribution in [3.05, 3.63) is 35.1 Å². The molecule has 0 aliphatic heterocycles. The van der Waals surface area contributed by atoms with E-state index in [1.54, 1.807) is 0 Å². The van der Waals surface area contributed by atoms with E-state index in [0.29, 0.717) is 18.2 Å². The van der Waals surface area contributed by atoms with Gasteiger partial charge in [-0.2, -0.15) is 0 Å². The molecule has 0 radical (unpaired) electrons. The minimum Gasteiger partial charge on any atom is -0.310 e. The van der Waals surface area contributed by atoms with Crippen LogP contribution >= 0.6 is 0 Å². The van der Waals surface area contributed by atoms with Gasteiger partial charge in [0.25, 0.3) is 0 Å². The number of rotatable bonds is 3. The van der Waals surface area contributed by atoms with Crippen LogP contribution in [0.3, 0.4) is 0 Å². The Morgan fingerprint density at radius 2 is 1.71 bits per heavy atom. The van der Waals surface area contributed by atoms with Crippen molar-refractivity contribution in [3.8, 4) is 0 Å². The highest BCUT2D eigenvalue weighted by atomic mass is 19.1. The molecular formula is C10H10F3N. The Morgan fingerprint density at radius 1 is 1.14 bits per heavy atom. The van der Waals surface area contributed by atoms with Crippen molar-refractivity contribution >= 4 is 0 Å². The normalized spacial score (nSPS) is 15.9. The molecule has 1 aromatic carbocycles. The maximum atomic E-state index is 13.1. The van der Waals surface area contributed by atoms with E-state index in [2.05, 4.69) is 5.32 Å². The summed E-state index contributed by atoms with van der Waals surface area (Å²) in [5, 5.41) is 2.97. The first kappa shape index (κ1) is 9.52. The van der Waals surface area contributed by atoms with Crippen LogP contribution in [-0.2, 0) is 6.54 Å². The summed E-state index contributed by atoms with van der Waals surface area (Å²) in [5.41, 5.74) is -0.0849. The van der Waals surface area contributed by atoms with Gasteiger partial charge in [-0.1, -0.05) is 0 Å². The molecular weight excluding hydrogens is 191 g/mol. The van der Waals surface area contributed by atoms with Crippen molar-refractivity contribution in [2.45, 2.75) is 25.4 Å². The fraction of sp³-hybridized carbons (Fsp3) is 0.400. The zero-order valence-corrected chi connectivity index (χ0v) is 7.49.